The van der Waals surface area contributed by atoms with E-state index in [1.165, 1.54) is 22.2 Å². The number of rotatable bonds is 4. The molecule has 1 atom stereocenters. The number of aryl methyl sites for hydroxylation is 1. The summed E-state index contributed by atoms with van der Waals surface area (Å²) < 4.78 is 1.20. The minimum atomic E-state index is 0.417. The fourth-order valence-electron chi connectivity index (χ4n) is 1.46. The Balaban J connectivity index is 1.78. The second kappa shape index (κ2) is 4.33. The van der Waals surface area contributed by atoms with E-state index in [4.69, 9.17) is 11.6 Å². The van der Waals surface area contributed by atoms with E-state index in [0.29, 0.717) is 5.38 Å². The first-order valence-corrected chi connectivity index (χ1v) is 6.73. The van der Waals surface area contributed by atoms with E-state index in [-0.39, 0.29) is 0 Å². The third-order valence-electron chi connectivity index (χ3n) is 2.42. The van der Waals surface area contributed by atoms with Crippen molar-refractivity contribution >= 4 is 38.9 Å². The third kappa shape index (κ3) is 2.97. The van der Waals surface area contributed by atoms with Crippen molar-refractivity contribution in [1.29, 1.82) is 0 Å². The number of alkyl halides is 1. The second-order valence-corrected chi connectivity index (χ2v) is 6.10. The molecule has 0 bridgehead atoms. The molecule has 1 unspecified atom stereocenters. The maximum Gasteiger partial charge on any atom is 0.0367 e. The van der Waals surface area contributed by atoms with Gasteiger partial charge in [0.05, 0.1) is 0 Å². The molecule has 0 aliphatic heterocycles. The molecule has 0 spiro atoms. The molecule has 1 aromatic rings. The zero-order valence-corrected chi connectivity index (χ0v) is 10.5. The van der Waals surface area contributed by atoms with Gasteiger partial charge in [-0.15, -0.1) is 22.9 Å². The summed E-state index contributed by atoms with van der Waals surface area (Å²) in [5.74, 6) is 0.824. The van der Waals surface area contributed by atoms with Crippen LogP contribution in [0.25, 0.3) is 0 Å². The molecule has 1 fully saturated rings. The Morgan fingerprint density at radius 2 is 2.38 bits per heavy atom. The Kier molecular flexibility index (Phi) is 3.33. The van der Waals surface area contributed by atoms with Crippen molar-refractivity contribution in [2.45, 2.75) is 31.1 Å². The summed E-state index contributed by atoms with van der Waals surface area (Å²) in [4.78, 5) is 1.44. The predicted molar refractivity (Wildman–Crippen MR) is 62.7 cm³/mol. The van der Waals surface area contributed by atoms with Crippen LogP contribution in [0.5, 0.6) is 0 Å². The molecule has 0 N–H and O–H groups in total. The fourth-order valence-corrected chi connectivity index (χ4v) is 3.29. The maximum atomic E-state index is 6.23. The standard InChI is InChI=1S/C10H12BrClS/c11-8-5-9(13-6-8)3-4-10(12)7-1-2-7/h5-7,10H,1-4H2. The van der Waals surface area contributed by atoms with E-state index in [0.717, 1.165) is 18.8 Å². The lowest BCUT2D eigenvalue weighted by Gasteiger charge is -2.05. The van der Waals surface area contributed by atoms with Crippen LogP contribution in [0, 0.1) is 5.92 Å². The molecule has 0 radical (unpaired) electrons. The van der Waals surface area contributed by atoms with Gasteiger partial charge in [-0.3, -0.25) is 0 Å². The molecular formula is C10H12BrClS. The summed E-state index contributed by atoms with van der Waals surface area (Å²) in [6.45, 7) is 0. The highest BCUT2D eigenvalue weighted by atomic mass is 79.9. The number of hydrogen-bond acceptors (Lipinski definition) is 1. The molecule has 1 aliphatic rings. The number of hydrogen-bond donors (Lipinski definition) is 0. The Hall–Kier alpha value is 0.470. The summed E-state index contributed by atoms with van der Waals surface area (Å²) in [5.41, 5.74) is 0. The van der Waals surface area contributed by atoms with Gasteiger partial charge in [-0.25, -0.2) is 0 Å². The van der Waals surface area contributed by atoms with Gasteiger partial charge in [-0.2, -0.15) is 0 Å². The molecule has 1 aliphatic carbocycles. The molecule has 1 heterocycles. The molecule has 3 heteroatoms. The monoisotopic (exact) mass is 278 g/mol. The van der Waals surface area contributed by atoms with E-state index in [1.54, 1.807) is 0 Å². The Labute approximate surface area is 96.4 Å². The topological polar surface area (TPSA) is 0 Å². The molecule has 0 saturated heterocycles. The zero-order chi connectivity index (χ0) is 9.26. The maximum absolute atomic E-state index is 6.23. The minimum Gasteiger partial charge on any atom is -0.148 e. The van der Waals surface area contributed by atoms with E-state index in [1.807, 2.05) is 11.3 Å². The van der Waals surface area contributed by atoms with Gasteiger partial charge in [0.25, 0.3) is 0 Å². The van der Waals surface area contributed by atoms with E-state index < -0.39 is 0 Å². The molecule has 1 saturated carbocycles. The molecule has 1 aromatic heterocycles. The molecule has 13 heavy (non-hydrogen) atoms. The largest absolute Gasteiger partial charge is 0.148 e. The second-order valence-electron chi connectivity index (χ2n) is 3.62. The van der Waals surface area contributed by atoms with Crippen molar-refractivity contribution in [1.82, 2.24) is 0 Å². The fraction of sp³-hybridized carbons (Fsp3) is 0.600. The van der Waals surface area contributed by atoms with Crippen molar-refractivity contribution in [2.24, 2.45) is 5.92 Å². The quantitative estimate of drug-likeness (QED) is 0.714. The lowest BCUT2D eigenvalue weighted by atomic mass is 10.1. The highest BCUT2D eigenvalue weighted by Crippen LogP contribution is 2.38. The first-order chi connectivity index (χ1) is 6.25. The molecule has 72 valence electrons. The predicted octanol–water partition coefficient (Wildman–Crippen LogP) is 4.46. The molecule has 0 aromatic carbocycles. The van der Waals surface area contributed by atoms with Crippen LogP contribution in [0.2, 0.25) is 0 Å². The van der Waals surface area contributed by atoms with E-state index in [9.17, 15) is 0 Å². The summed E-state index contributed by atoms with van der Waals surface area (Å²) in [6.07, 6.45) is 4.98. The highest BCUT2D eigenvalue weighted by Gasteiger charge is 2.29. The van der Waals surface area contributed by atoms with Crippen molar-refractivity contribution in [2.75, 3.05) is 0 Å². The van der Waals surface area contributed by atoms with Gasteiger partial charge >= 0.3 is 0 Å². The van der Waals surface area contributed by atoms with Gasteiger partial charge in [-0.1, -0.05) is 0 Å². The summed E-state index contributed by atoms with van der Waals surface area (Å²) in [7, 11) is 0. The van der Waals surface area contributed by atoms with Crippen LogP contribution in [-0.4, -0.2) is 5.38 Å². The summed E-state index contributed by atoms with van der Waals surface area (Å²) >= 11 is 11.5. The van der Waals surface area contributed by atoms with Gasteiger partial charge in [-0.05, 0) is 53.6 Å². The van der Waals surface area contributed by atoms with Crippen LogP contribution < -0.4 is 0 Å². The zero-order valence-electron chi connectivity index (χ0n) is 7.30. The normalized spacial score (nSPS) is 18.9. The van der Waals surface area contributed by atoms with Crippen LogP contribution >= 0.6 is 38.9 Å². The summed E-state index contributed by atoms with van der Waals surface area (Å²) in [6, 6.07) is 2.20. The Morgan fingerprint density at radius 3 is 2.92 bits per heavy atom. The Morgan fingerprint density at radius 1 is 1.62 bits per heavy atom. The van der Waals surface area contributed by atoms with Gasteiger partial charge in [0.2, 0.25) is 0 Å². The van der Waals surface area contributed by atoms with Crippen molar-refractivity contribution in [3.8, 4) is 0 Å². The van der Waals surface area contributed by atoms with Gasteiger partial charge in [0.1, 0.15) is 0 Å². The van der Waals surface area contributed by atoms with E-state index >= 15 is 0 Å². The first kappa shape index (κ1) is 10.0. The lowest BCUT2D eigenvalue weighted by molar-refractivity contribution is 0.680. The van der Waals surface area contributed by atoms with E-state index in [2.05, 4.69) is 27.4 Å². The molecule has 2 rings (SSSR count). The molecular weight excluding hydrogens is 268 g/mol. The lowest BCUT2D eigenvalue weighted by Crippen LogP contribution is -2.01. The number of halogens is 2. The molecule has 0 nitrogen and oxygen atoms in total. The minimum absolute atomic E-state index is 0.417. The summed E-state index contributed by atoms with van der Waals surface area (Å²) in [5, 5.41) is 2.55. The van der Waals surface area contributed by atoms with Crippen LogP contribution in [0.3, 0.4) is 0 Å². The SMILES string of the molecule is ClC(CCc1cc(Br)cs1)C1CC1. The number of thiophene rings is 1. The average molecular weight is 280 g/mol. The van der Waals surface area contributed by atoms with Crippen LogP contribution in [0.15, 0.2) is 15.9 Å². The molecule has 0 amide bonds. The van der Waals surface area contributed by atoms with Gasteiger partial charge in [0, 0.05) is 20.1 Å². The average Bonchev–Trinajstić information content (AvgIpc) is 2.87. The first-order valence-electron chi connectivity index (χ1n) is 4.62. The van der Waals surface area contributed by atoms with Gasteiger partial charge < -0.3 is 0 Å². The smallest absolute Gasteiger partial charge is 0.0367 e. The Bertz CT molecular complexity index is 280. The van der Waals surface area contributed by atoms with Crippen LogP contribution in [0.1, 0.15) is 24.1 Å². The van der Waals surface area contributed by atoms with Crippen molar-refractivity contribution in [3.05, 3.63) is 20.8 Å². The van der Waals surface area contributed by atoms with Crippen LogP contribution in [-0.2, 0) is 6.42 Å². The van der Waals surface area contributed by atoms with Crippen molar-refractivity contribution in [3.63, 3.8) is 0 Å². The van der Waals surface area contributed by atoms with Gasteiger partial charge in [0.15, 0.2) is 0 Å². The van der Waals surface area contributed by atoms with Crippen molar-refractivity contribution < 1.29 is 0 Å². The van der Waals surface area contributed by atoms with Crippen LogP contribution in [0.4, 0.5) is 0 Å². The third-order valence-corrected chi connectivity index (χ3v) is 4.75. The highest BCUT2D eigenvalue weighted by molar-refractivity contribution is 9.10.